The Labute approximate surface area is 70.7 Å². The molecule has 11 heavy (non-hydrogen) atoms. The molecule has 0 atom stereocenters. The molecule has 1 aromatic rings. The van der Waals surface area contributed by atoms with Crippen LogP contribution in [0.2, 0.25) is 5.15 Å². The number of hydrogen-bond acceptors (Lipinski definition) is 5. The first-order valence-electron chi connectivity index (χ1n) is 2.50. The van der Waals surface area contributed by atoms with Crippen LogP contribution in [0.5, 0.6) is 5.19 Å². The number of ether oxygens (including phenoxy) is 1. The van der Waals surface area contributed by atoms with Gasteiger partial charge in [-0.25, -0.2) is 0 Å². The van der Waals surface area contributed by atoms with E-state index in [1.165, 1.54) is 7.11 Å². The normalized spacial score (nSPS) is 9.64. The summed E-state index contributed by atoms with van der Waals surface area (Å²) in [4.78, 5) is 13.2. The Balaban J connectivity index is 3.07. The molecule has 0 N–H and O–H groups in total. The van der Waals surface area contributed by atoms with Gasteiger partial charge in [0.2, 0.25) is 5.15 Å². The van der Waals surface area contributed by atoms with Gasteiger partial charge in [0.25, 0.3) is 5.19 Å². The molecule has 0 aromatic carbocycles. The minimum atomic E-state index is -0.595. The molecule has 0 saturated heterocycles. The molecule has 0 fully saturated rings. The van der Waals surface area contributed by atoms with Gasteiger partial charge in [-0.1, -0.05) is 11.6 Å². The van der Waals surface area contributed by atoms with Crippen LogP contribution in [0, 0.1) is 10.1 Å². The van der Waals surface area contributed by atoms with Gasteiger partial charge < -0.3 is 4.74 Å². The first-order valence-corrected chi connectivity index (χ1v) is 3.69. The van der Waals surface area contributed by atoms with Crippen LogP contribution in [0.15, 0.2) is 0 Å². The Morgan fingerprint density at radius 3 is 2.73 bits per heavy atom. The molecule has 0 aliphatic heterocycles. The summed E-state index contributed by atoms with van der Waals surface area (Å²) in [6.45, 7) is 0. The first kappa shape index (κ1) is 8.22. The van der Waals surface area contributed by atoms with Gasteiger partial charge in [0.1, 0.15) is 0 Å². The lowest BCUT2D eigenvalue weighted by Crippen LogP contribution is -1.82. The number of hydrogen-bond donors (Lipinski definition) is 0. The summed E-state index contributed by atoms with van der Waals surface area (Å²) in [6, 6.07) is 0. The maximum Gasteiger partial charge on any atom is 0.366 e. The minimum Gasteiger partial charge on any atom is -0.473 e. The van der Waals surface area contributed by atoms with Gasteiger partial charge in [-0.3, -0.25) is 10.1 Å². The Hall–Kier alpha value is -0.880. The van der Waals surface area contributed by atoms with E-state index in [1.807, 2.05) is 0 Å². The predicted molar refractivity (Wildman–Crippen MR) is 40.3 cm³/mol. The van der Waals surface area contributed by atoms with Gasteiger partial charge in [0.05, 0.1) is 12.0 Å². The third-order valence-corrected chi connectivity index (χ3v) is 2.23. The third kappa shape index (κ3) is 1.58. The largest absolute Gasteiger partial charge is 0.473 e. The van der Waals surface area contributed by atoms with Crippen molar-refractivity contribution in [2.45, 2.75) is 0 Å². The molecule has 0 saturated carbocycles. The SMILES string of the molecule is COc1nc(Cl)c([N+](=O)[O-])s1. The number of nitrogens with zero attached hydrogens (tertiary/aromatic N) is 2. The second-order valence-corrected chi connectivity index (χ2v) is 2.84. The van der Waals surface area contributed by atoms with Crippen LogP contribution in [0.4, 0.5) is 5.00 Å². The molecule has 1 rings (SSSR count). The highest BCUT2D eigenvalue weighted by Crippen LogP contribution is 2.34. The molecule has 0 aliphatic carbocycles. The van der Waals surface area contributed by atoms with Crippen molar-refractivity contribution in [3.8, 4) is 5.19 Å². The van der Waals surface area contributed by atoms with Crippen LogP contribution in [-0.4, -0.2) is 17.0 Å². The third-order valence-electron chi connectivity index (χ3n) is 0.890. The fourth-order valence-electron chi connectivity index (χ4n) is 0.476. The Bertz CT molecular complexity index is 287. The van der Waals surface area contributed by atoms with Crippen molar-refractivity contribution in [3.63, 3.8) is 0 Å². The van der Waals surface area contributed by atoms with Crippen molar-refractivity contribution >= 4 is 27.9 Å². The summed E-state index contributed by atoms with van der Waals surface area (Å²) in [5, 5.41) is 10.1. The summed E-state index contributed by atoms with van der Waals surface area (Å²) >= 11 is 6.20. The van der Waals surface area contributed by atoms with Crippen LogP contribution in [0.25, 0.3) is 0 Å². The van der Waals surface area contributed by atoms with Gasteiger partial charge >= 0.3 is 5.00 Å². The fourth-order valence-corrected chi connectivity index (χ4v) is 1.38. The topological polar surface area (TPSA) is 65.3 Å². The number of nitro groups is 1. The molecule has 0 bridgehead atoms. The van der Waals surface area contributed by atoms with E-state index in [0.717, 1.165) is 11.3 Å². The van der Waals surface area contributed by atoms with Crippen molar-refractivity contribution in [2.24, 2.45) is 0 Å². The summed E-state index contributed by atoms with van der Waals surface area (Å²) in [7, 11) is 1.37. The lowest BCUT2D eigenvalue weighted by atomic mass is 10.9. The molecular formula is C4H3ClN2O3S. The quantitative estimate of drug-likeness (QED) is 0.531. The fraction of sp³-hybridized carbons (Fsp3) is 0.250. The highest BCUT2D eigenvalue weighted by Gasteiger charge is 2.19. The standard InChI is InChI=1S/C4H3ClN2O3S/c1-10-4-6-2(5)3(11-4)7(8)9/h1H3. The Morgan fingerprint density at radius 2 is 2.45 bits per heavy atom. The molecule has 0 unspecified atom stereocenters. The monoisotopic (exact) mass is 194 g/mol. The number of methoxy groups -OCH3 is 1. The highest BCUT2D eigenvalue weighted by atomic mass is 35.5. The van der Waals surface area contributed by atoms with E-state index >= 15 is 0 Å². The molecule has 0 aliphatic rings. The summed E-state index contributed by atoms with van der Waals surface area (Å²) in [5.41, 5.74) is 0. The summed E-state index contributed by atoms with van der Waals surface area (Å²) in [6.07, 6.45) is 0. The zero-order chi connectivity index (χ0) is 8.43. The molecule has 0 spiro atoms. The predicted octanol–water partition coefficient (Wildman–Crippen LogP) is 1.71. The van der Waals surface area contributed by atoms with Gasteiger partial charge in [-0.05, 0) is 11.3 Å². The van der Waals surface area contributed by atoms with Crippen LogP contribution in [0.1, 0.15) is 0 Å². The molecule has 0 amide bonds. The van der Waals surface area contributed by atoms with Crippen molar-refractivity contribution in [1.29, 1.82) is 0 Å². The van der Waals surface area contributed by atoms with Gasteiger partial charge in [0.15, 0.2) is 0 Å². The van der Waals surface area contributed by atoms with E-state index in [1.54, 1.807) is 0 Å². The summed E-state index contributed by atoms with van der Waals surface area (Å²) in [5.74, 6) is 0. The Kier molecular flexibility index (Phi) is 2.25. The molecule has 0 radical (unpaired) electrons. The maximum atomic E-state index is 10.2. The van der Waals surface area contributed by atoms with E-state index in [0.29, 0.717) is 0 Å². The second-order valence-electron chi connectivity index (χ2n) is 1.54. The van der Waals surface area contributed by atoms with E-state index in [-0.39, 0.29) is 15.3 Å². The zero-order valence-electron chi connectivity index (χ0n) is 5.41. The van der Waals surface area contributed by atoms with E-state index in [2.05, 4.69) is 9.72 Å². The second kappa shape index (κ2) is 3.02. The minimum absolute atomic E-state index is 0.128. The summed E-state index contributed by atoms with van der Waals surface area (Å²) < 4.78 is 4.64. The van der Waals surface area contributed by atoms with Crippen LogP contribution >= 0.6 is 22.9 Å². The molecule has 1 aromatic heterocycles. The van der Waals surface area contributed by atoms with Crippen LogP contribution in [-0.2, 0) is 0 Å². The first-order chi connectivity index (χ1) is 5.15. The van der Waals surface area contributed by atoms with Crippen molar-refractivity contribution in [2.75, 3.05) is 7.11 Å². The van der Waals surface area contributed by atoms with Gasteiger partial charge in [-0.2, -0.15) is 4.98 Å². The number of rotatable bonds is 2. The average Bonchev–Trinajstić information content (AvgIpc) is 2.30. The van der Waals surface area contributed by atoms with E-state index in [4.69, 9.17) is 11.6 Å². The van der Waals surface area contributed by atoms with Crippen molar-refractivity contribution in [3.05, 3.63) is 15.3 Å². The zero-order valence-corrected chi connectivity index (χ0v) is 6.98. The smallest absolute Gasteiger partial charge is 0.366 e. The molecule has 5 nitrogen and oxygen atoms in total. The van der Waals surface area contributed by atoms with Crippen LogP contribution in [0.3, 0.4) is 0 Å². The lowest BCUT2D eigenvalue weighted by molar-refractivity contribution is -0.380. The molecule has 60 valence electrons. The Morgan fingerprint density at radius 1 is 1.82 bits per heavy atom. The van der Waals surface area contributed by atoms with Gasteiger partial charge in [-0.15, -0.1) is 0 Å². The van der Waals surface area contributed by atoms with Crippen molar-refractivity contribution in [1.82, 2.24) is 4.98 Å². The maximum absolute atomic E-state index is 10.2. The number of halogens is 1. The number of thiazole rings is 1. The average molecular weight is 195 g/mol. The molecular weight excluding hydrogens is 192 g/mol. The van der Waals surface area contributed by atoms with Gasteiger partial charge in [0, 0.05) is 0 Å². The lowest BCUT2D eigenvalue weighted by Gasteiger charge is -1.84. The number of aromatic nitrogens is 1. The highest BCUT2D eigenvalue weighted by molar-refractivity contribution is 7.17. The van der Waals surface area contributed by atoms with E-state index in [9.17, 15) is 10.1 Å². The van der Waals surface area contributed by atoms with Crippen molar-refractivity contribution < 1.29 is 9.66 Å². The van der Waals surface area contributed by atoms with E-state index < -0.39 is 4.92 Å². The molecule has 1 heterocycles. The molecule has 7 heteroatoms. The van der Waals surface area contributed by atoms with Crippen LogP contribution < -0.4 is 4.74 Å².